The van der Waals surface area contributed by atoms with Crippen molar-refractivity contribution in [3.05, 3.63) is 70.8 Å². The number of likely N-dealkylation sites (N-methyl/N-ethyl adjacent to an activating group) is 1. The van der Waals surface area contributed by atoms with Crippen LogP contribution in [0.15, 0.2) is 48.5 Å². The summed E-state index contributed by atoms with van der Waals surface area (Å²) >= 11 is 0. The quantitative estimate of drug-likeness (QED) is 0.860. The van der Waals surface area contributed by atoms with Crippen LogP contribution < -0.4 is 0 Å². The summed E-state index contributed by atoms with van der Waals surface area (Å²) in [7, 11) is 1.62. The third-order valence-corrected chi connectivity index (χ3v) is 3.69. The van der Waals surface area contributed by atoms with Crippen LogP contribution in [0.25, 0.3) is 0 Å². The number of aliphatic hydroxyl groups is 1. The molecule has 126 valence electrons. The lowest BCUT2D eigenvalue weighted by Crippen LogP contribution is -2.40. The molecule has 0 spiro atoms. The van der Waals surface area contributed by atoms with E-state index in [9.17, 15) is 14.7 Å². The average molecular weight is 325 g/mol. The minimum atomic E-state index is -1.000. The standard InChI is InChI=1S/C20H23NO3/c1-14-9-11-15(12-10-14)18(22)16-7-5-6-8-17(16)19(23)21(4)13-20(2,3)24/h5-12,24H,13H2,1-4H3. The normalized spacial score (nSPS) is 11.2. The molecule has 0 saturated heterocycles. The summed E-state index contributed by atoms with van der Waals surface area (Å²) in [6.45, 7) is 5.41. The highest BCUT2D eigenvalue weighted by molar-refractivity contribution is 6.15. The first-order valence-electron chi connectivity index (χ1n) is 7.87. The van der Waals surface area contributed by atoms with Gasteiger partial charge in [-0.3, -0.25) is 9.59 Å². The summed E-state index contributed by atoms with van der Waals surface area (Å²) in [5.74, 6) is -0.469. The van der Waals surface area contributed by atoms with Crippen molar-refractivity contribution in [2.75, 3.05) is 13.6 Å². The lowest BCUT2D eigenvalue weighted by atomic mass is 9.97. The van der Waals surface area contributed by atoms with Crippen molar-refractivity contribution < 1.29 is 14.7 Å². The molecule has 0 saturated carbocycles. The lowest BCUT2D eigenvalue weighted by Gasteiger charge is -2.26. The van der Waals surface area contributed by atoms with Gasteiger partial charge in [-0.25, -0.2) is 0 Å². The molecule has 2 aromatic rings. The second kappa shape index (κ2) is 6.97. The molecule has 0 aliphatic heterocycles. The van der Waals surface area contributed by atoms with E-state index in [1.807, 2.05) is 19.1 Å². The third kappa shape index (κ3) is 4.30. The largest absolute Gasteiger partial charge is 0.389 e. The van der Waals surface area contributed by atoms with Crippen LogP contribution in [0.1, 0.15) is 45.7 Å². The summed E-state index contributed by atoms with van der Waals surface area (Å²) in [6.07, 6.45) is 0. The smallest absolute Gasteiger partial charge is 0.254 e. The third-order valence-electron chi connectivity index (χ3n) is 3.69. The summed E-state index contributed by atoms with van der Waals surface area (Å²) in [4.78, 5) is 26.9. The van der Waals surface area contributed by atoms with Crippen molar-refractivity contribution in [1.82, 2.24) is 4.90 Å². The fraction of sp³-hybridized carbons (Fsp3) is 0.300. The number of rotatable bonds is 5. The molecule has 0 atom stereocenters. The summed E-state index contributed by atoms with van der Waals surface area (Å²) in [5.41, 5.74) is 1.33. The van der Waals surface area contributed by atoms with Gasteiger partial charge in [0.05, 0.1) is 11.2 Å². The molecule has 2 aromatic carbocycles. The van der Waals surface area contributed by atoms with Gasteiger partial charge >= 0.3 is 0 Å². The van der Waals surface area contributed by atoms with Crippen LogP contribution in [0.2, 0.25) is 0 Å². The molecule has 1 N–H and O–H groups in total. The second-order valence-electron chi connectivity index (χ2n) is 6.71. The van der Waals surface area contributed by atoms with Crippen molar-refractivity contribution in [2.24, 2.45) is 0 Å². The van der Waals surface area contributed by atoms with E-state index in [0.29, 0.717) is 16.7 Å². The molecule has 2 rings (SSSR count). The van der Waals surface area contributed by atoms with Gasteiger partial charge in [-0.15, -0.1) is 0 Å². The van der Waals surface area contributed by atoms with Crippen LogP contribution in [0.3, 0.4) is 0 Å². The molecule has 0 aliphatic carbocycles. The predicted molar refractivity (Wildman–Crippen MR) is 94.3 cm³/mol. The van der Waals surface area contributed by atoms with E-state index in [-0.39, 0.29) is 18.2 Å². The van der Waals surface area contributed by atoms with E-state index in [0.717, 1.165) is 5.56 Å². The molecule has 4 heteroatoms. The molecular weight excluding hydrogens is 302 g/mol. The Labute approximate surface area is 142 Å². The highest BCUT2D eigenvalue weighted by Gasteiger charge is 2.24. The Morgan fingerprint density at radius 2 is 1.54 bits per heavy atom. The van der Waals surface area contributed by atoms with E-state index in [1.165, 1.54) is 4.90 Å². The van der Waals surface area contributed by atoms with E-state index in [2.05, 4.69) is 0 Å². The number of ketones is 1. The van der Waals surface area contributed by atoms with E-state index < -0.39 is 5.60 Å². The molecule has 0 heterocycles. The van der Waals surface area contributed by atoms with Crippen LogP contribution in [0.4, 0.5) is 0 Å². The number of benzene rings is 2. The van der Waals surface area contributed by atoms with E-state index >= 15 is 0 Å². The Kier molecular flexibility index (Phi) is 5.20. The second-order valence-corrected chi connectivity index (χ2v) is 6.71. The molecule has 0 fully saturated rings. The van der Waals surface area contributed by atoms with Gasteiger partial charge in [-0.1, -0.05) is 48.0 Å². The maximum Gasteiger partial charge on any atom is 0.254 e. The van der Waals surface area contributed by atoms with Gasteiger partial charge in [-0.05, 0) is 26.8 Å². The van der Waals surface area contributed by atoms with Crippen molar-refractivity contribution in [2.45, 2.75) is 26.4 Å². The summed E-state index contributed by atoms with van der Waals surface area (Å²) in [5, 5.41) is 9.91. The first kappa shape index (κ1) is 17.9. The highest BCUT2D eigenvalue weighted by Crippen LogP contribution is 2.18. The number of carbonyl (C=O) groups is 2. The van der Waals surface area contributed by atoms with Crippen LogP contribution in [-0.4, -0.2) is 40.9 Å². The highest BCUT2D eigenvalue weighted by atomic mass is 16.3. The zero-order valence-corrected chi connectivity index (χ0v) is 14.5. The van der Waals surface area contributed by atoms with Gasteiger partial charge in [-0.2, -0.15) is 0 Å². The SMILES string of the molecule is Cc1ccc(C(=O)c2ccccc2C(=O)N(C)CC(C)(C)O)cc1. The fourth-order valence-electron chi connectivity index (χ4n) is 2.59. The minimum absolute atomic E-state index is 0.179. The van der Waals surface area contributed by atoms with Crippen molar-refractivity contribution in [3.8, 4) is 0 Å². The maximum absolute atomic E-state index is 12.8. The number of aryl methyl sites for hydroxylation is 1. The Bertz CT molecular complexity index is 742. The first-order valence-corrected chi connectivity index (χ1v) is 7.87. The van der Waals surface area contributed by atoms with Crippen molar-refractivity contribution in [1.29, 1.82) is 0 Å². The van der Waals surface area contributed by atoms with Gasteiger partial charge in [0.25, 0.3) is 5.91 Å². The Balaban J connectivity index is 2.35. The van der Waals surface area contributed by atoms with Gasteiger partial charge in [0.1, 0.15) is 0 Å². The lowest BCUT2D eigenvalue weighted by molar-refractivity contribution is 0.0367. The topological polar surface area (TPSA) is 57.6 Å². The molecule has 0 bridgehead atoms. The molecule has 0 aromatic heterocycles. The average Bonchev–Trinajstić information content (AvgIpc) is 2.52. The van der Waals surface area contributed by atoms with E-state index in [1.54, 1.807) is 57.3 Å². The molecule has 24 heavy (non-hydrogen) atoms. The van der Waals surface area contributed by atoms with Crippen LogP contribution in [0, 0.1) is 6.92 Å². The molecule has 0 radical (unpaired) electrons. The Hall–Kier alpha value is -2.46. The van der Waals surface area contributed by atoms with Crippen molar-refractivity contribution >= 4 is 11.7 Å². The first-order chi connectivity index (χ1) is 11.2. The van der Waals surface area contributed by atoms with Crippen LogP contribution in [0.5, 0.6) is 0 Å². The van der Waals surface area contributed by atoms with Gasteiger partial charge in [0.15, 0.2) is 5.78 Å². The zero-order valence-electron chi connectivity index (χ0n) is 14.5. The van der Waals surface area contributed by atoms with Crippen LogP contribution >= 0.6 is 0 Å². The maximum atomic E-state index is 12.8. The van der Waals surface area contributed by atoms with Gasteiger partial charge in [0.2, 0.25) is 0 Å². The van der Waals surface area contributed by atoms with Gasteiger partial charge < -0.3 is 10.0 Å². The van der Waals surface area contributed by atoms with Gasteiger partial charge in [0, 0.05) is 24.7 Å². The number of nitrogens with zero attached hydrogens (tertiary/aromatic N) is 1. The zero-order chi connectivity index (χ0) is 17.9. The van der Waals surface area contributed by atoms with E-state index in [4.69, 9.17) is 0 Å². The summed E-state index contributed by atoms with van der Waals surface area (Å²) in [6, 6.07) is 14.1. The molecule has 0 aliphatic rings. The van der Waals surface area contributed by atoms with Crippen molar-refractivity contribution in [3.63, 3.8) is 0 Å². The number of hydrogen-bond acceptors (Lipinski definition) is 3. The minimum Gasteiger partial charge on any atom is -0.389 e. The number of hydrogen-bond donors (Lipinski definition) is 1. The predicted octanol–water partition coefficient (Wildman–Crippen LogP) is 3.07. The Morgan fingerprint density at radius 1 is 1.00 bits per heavy atom. The molecule has 1 amide bonds. The number of amides is 1. The molecule has 4 nitrogen and oxygen atoms in total. The fourth-order valence-corrected chi connectivity index (χ4v) is 2.59. The molecule has 0 unspecified atom stereocenters. The Morgan fingerprint density at radius 3 is 2.08 bits per heavy atom. The number of carbonyl (C=O) groups excluding carboxylic acids is 2. The van der Waals surface area contributed by atoms with Crippen LogP contribution in [-0.2, 0) is 0 Å². The molecular formula is C20H23NO3. The monoisotopic (exact) mass is 325 g/mol. The summed E-state index contributed by atoms with van der Waals surface area (Å²) < 4.78 is 0.